The van der Waals surface area contributed by atoms with E-state index in [-0.39, 0.29) is 11.8 Å². The van der Waals surface area contributed by atoms with E-state index in [1.165, 1.54) is 0 Å². The van der Waals surface area contributed by atoms with E-state index in [1.807, 2.05) is 60.5 Å². The molecule has 2 aromatic carbocycles. The number of benzene rings is 2. The number of rotatable bonds is 2. The van der Waals surface area contributed by atoms with Crippen LogP contribution in [-0.2, 0) is 7.05 Å². The van der Waals surface area contributed by atoms with Crippen molar-refractivity contribution >= 4 is 27.8 Å². The predicted octanol–water partition coefficient (Wildman–Crippen LogP) is 2.69. The van der Waals surface area contributed by atoms with Crippen molar-refractivity contribution in [2.45, 2.75) is 5.92 Å². The number of aryl methyl sites for hydroxylation is 1. The Balaban J connectivity index is 1.38. The Labute approximate surface area is 144 Å². The molecular formula is C19H17N5O. The summed E-state index contributed by atoms with van der Waals surface area (Å²) in [6.07, 6.45) is 0. The van der Waals surface area contributed by atoms with Crippen molar-refractivity contribution in [2.24, 2.45) is 7.05 Å². The highest BCUT2D eigenvalue weighted by Crippen LogP contribution is 2.29. The average molecular weight is 331 g/mol. The van der Waals surface area contributed by atoms with E-state index in [0.717, 1.165) is 27.8 Å². The Morgan fingerprint density at radius 2 is 1.88 bits per heavy atom. The van der Waals surface area contributed by atoms with Gasteiger partial charge >= 0.3 is 0 Å². The van der Waals surface area contributed by atoms with Crippen LogP contribution in [0.3, 0.4) is 0 Å². The molecule has 1 amide bonds. The number of nitrogens with zero attached hydrogens (tertiary/aromatic N) is 4. The summed E-state index contributed by atoms with van der Waals surface area (Å²) in [5.41, 5.74) is 3.51. The lowest BCUT2D eigenvalue weighted by molar-refractivity contribution is 0.0591. The second kappa shape index (κ2) is 5.17. The highest BCUT2D eigenvalue weighted by Gasteiger charge is 2.35. The normalized spacial score (nSPS) is 15.0. The Bertz CT molecular complexity index is 1070. The Kier molecular flexibility index (Phi) is 2.94. The van der Waals surface area contributed by atoms with Gasteiger partial charge < -0.3 is 9.88 Å². The fourth-order valence-electron chi connectivity index (χ4n) is 3.50. The van der Waals surface area contributed by atoms with Crippen LogP contribution >= 0.6 is 0 Å². The molecule has 2 aromatic heterocycles. The van der Waals surface area contributed by atoms with Gasteiger partial charge in [0, 0.05) is 25.5 Å². The lowest BCUT2D eigenvalue weighted by Gasteiger charge is -2.37. The maximum Gasteiger partial charge on any atom is 0.275 e. The first-order valence-corrected chi connectivity index (χ1v) is 8.36. The molecule has 0 spiro atoms. The number of amides is 1. The molecule has 0 radical (unpaired) electrons. The van der Waals surface area contributed by atoms with Gasteiger partial charge in [-0.2, -0.15) is 5.10 Å². The lowest BCUT2D eigenvalue weighted by atomic mass is 9.98. The molecule has 0 unspecified atom stereocenters. The second-order valence-electron chi connectivity index (χ2n) is 6.54. The first-order valence-electron chi connectivity index (χ1n) is 8.36. The van der Waals surface area contributed by atoms with Crippen molar-refractivity contribution in [3.05, 3.63) is 60.0 Å². The number of likely N-dealkylation sites (tertiary alicyclic amines) is 1. The predicted molar refractivity (Wildman–Crippen MR) is 95.5 cm³/mol. The largest absolute Gasteiger partial charge is 0.342 e. The monoisotopic (exact) mass is 331 g/mol. The number of carbonyl (C=O) groups excluding carboxylic acids is 1. The van der Waals surface area contributed by atoms with Crippen molar-refractivity contribution in [1.29, 1.82) is 0 Å². The molecule has 0 saturated carbocycles. The maximum atomic E-state index is 12.8. The molecule has 6 nitrogen and oxygen atoms in total. The summed E-state index contributed by atoms with van der Waals surface area (Å²) in [5, 5.41) is 5.33. The van der Waals surface area contributed by atoms with Crippen molar-refractivity contribution in [3.8, 4) is 0 Å². The topological polar surface area (TPSA) is 66.8 Å². The summed E-state index contributed by atoms with van der Waals surface area (Å²) in [6.45, 7) is 1.34. The van der Waals surface area contributed by atoms with Gasteiger partial charge in [-0.05, 0) is 18.2 Å². The Morgan fingerprint density at radius 3 is 2.72 bits per heavy atom. The van der Waals surface area contributed by atoms with E-state index in [1.54, 1.807) is 4.68 Å². The van der Waals surface area contributed by atoms with Crippen molar-refractivity contribution < 1.29 is 4.79 Å². The number of carbonyl (C=O) groups is 1. The van der Waals surface area contributed by atoms with Gasteiger partial charge in [0.05, 0.1) is 22.5 Å². The van der Waals surface area contributed by atoms with Crippen molar-refractivity contribution in [1.82, 2.24) is 24.6 Å². The number of aromatic nitrogens is 4. The minimum Gasteiger partial charge on any atom is -0.342 e. The molecule has 4 aromatic rings. The lowest BCUT2D eigenvalue weighted by Crippen LogP contribution is -2.49. The molecule has 3 heterocycles. The number of fused-ring (bicyclic) bond motifs is 2. The number of H-pyrrole nitrogens is 1. The van der Waals surface area contributed by atoms with Crippen molar-refractivity contribution in [2.75, 3.05) is 13.1 Å². The molecule has 0 aliphatic carbocycles. The maximum absolute atomic E-state index is 12.8. The summed E-state index contributed by atoms with van der Waals surface area (Å²) in [7, 11) is 1.87. The SMILES string of the molecule is Cn1nc(C(=O)N2CC(c3nc4ccccc4[nH]3)C2)c2ccccc21. The summed E-state index contributed by atoms with van der Waals surface area (Å²) in [5.74, 6) is 1.20. The van der Waals surface area contributed by atoms with Crippen LogP contribution in [0, 0.1) is 0 Å². The van der Waals surface area contributed by atoms with E-state index >= 15 is 0 Å². The molecule has 5 rings (SSSR count). The van der Waals surface area contributed by atoms with E-state index < -0.39 is 0 Å². The summed E-state index contributed by atoms with van der Waals surface area (Å²) >= 11 is 0. The molecule has 1 N–H and O–H groups in total. The number of nitrogens with one attached hydrogen (secondary N) is 1. The van der Waals surface area contributed by atoms with Crippen LogP contribution in [0.25, 0.3) is 21.9 Å². The standard InChI is InChI=1S/C19H17N5O/c1-23-16-9-5-2-6-13(16)17(22-23)19(25)24-10-12(11-24)18-20-14-7-3-4-8-15(14)21-18/h2-9,12H,10-11H2,1H3,(H,20,21). The third kappa shape index (κ3) is 2.14. The van der Waals surface area contributed by atoms with E-state index in [4.69, 9.17) is 0 Å². The minimum absolute atomic E-state index is 0.0100. The van der Waals surface area contributed by atoms with Crippen LogP contribution in [0.5, 0.6) is 0 Å². The van der Waals surface area contributed by atoms with E-state index in [2.05, 4.69) is 15.1 Å². The third-order valence-electron chi connectivity index (χ3n) is 4.92. The van der Waals surface area contributed by atoms with Crippen LogP contribution in [0.2, 0.25) is 0 Å². The zero-order valence-corrected chi connectivity index (χ0v) is 13.8. The fourth-order valence-corrected chi connectivity index (χ4v) is 3.50. The average Bonchev–Trinajstić information content (AvgIpc) is 3.15. The number of para-hydroxylation sites is 3. The Morgan fingerprint density at radius 1 is 1.12 bits per heavy atom. The van der Waals surface area contributed by atoms with Gasteiger partial charge in [-0.15, -0.1) is 0 Å². The van der Waals surface area contributed by atoms with E-state index in [9.17, 15) is 4.79 Å². The number of hydrogen-bond donors (Lipinski definition) is 1. The molecular weight excluding hydrogens is 314 g/mol. The number of hydrogen-bond acceptors (Lipinski definition) is 3. The van der Waals surface area contributed by atoms with Crippen LogP contribution in [0.1, 0.15) is 22.2 Å². The molecule has 25 heavy (non-hydrogen) atoms. The molecule has 0 atom stereocenters. The summed E-state index contributed by atoms with van der Waals surface area (Å²) in [4.78, 5) is 22.7. The highest BCUT2D eigenvalue weighted by atomic mass is 16.2. The zero-order chi connectivity index (χ0) is 17.0. The van der Waals surface area contributed by atoms with Gasteiger partial charge in [-0.3, -0.25) is 9.48 Å². The first-order chi connectivity index (χ1) is 12.2. The van der Waals surface area contributed by atoms with E-state index in [0.29, 0.717) is 18.8 Å². The van der Waals surface area contributed by atoms with Gasteiger partial charge in [0.1, 0.15) is 5.82 Å². The zero-order valence-electron chi connectivity index (χ0n) is 13.8. The number of imidazole rings is 1. The molecule has 6 heteroatoms. The summed E-state index contributed by atoms with van der Waals surface area (Å²) in [6, 6.07) is 15.8. The molecule has 1 aliphatic heterocycles. The second-order valence-corrected chi connectivity index (χ2v) is 6.54. The smallest absolute Gasteiger partial charge is 0.275 e. The third-order valence-corrected chi connectivity index (χ3v) is 4.92. The highest BCUT2D eigenvalue weighted by molar-refractivity contribution is 6.05. The summed E-state index contributed by atoms with van der Waals surface area (Å²) < 4.78 is 1.76. The molecule has 124 valence electrons. The number of aromatic amines is 1. The molecule has 1 aliphatic rings. The molecule has 1 saturated heterocycles. The quantitative estimate of drug-likeness (QED) is 0.614. The van der Waals surface area contributed by atoms with Gasteiger partial charge in [0.2, 0.25) is 0 Å². The van der Waals surface area contributed by atoms with Crippen LogP contribution in [0.15, 0.2) is 48.5 Å². The van der Waals surface area contributed by atoms with Gasteiger partial charge in [-0.25, -0.2) is 4.98 Å². The van der Waals surface area contributed by atoms with Crippen LogP contribution < -0.4 is 0 Å². The first kappa shape index (κ1) is 14.2. The Hall–Kier alpha value is -3.15. The van der Waals surface area contributed by atoms with Crippen LogP contribution in [-0.4, -0.2) is 43.6 Å². The van der Waals surface area contributed by atoms with Crippen LogP contribution in [0.4, 0.5) is 0 Å². The minimum atomic E-state index is -0.0100. The van der Waals surface area contributed by atoms with Gasteiger partial charge in [0.15, 0.2) is 5.69 Å². The van der Waals surface area contributed by atoms with Gasteiger partial charge in [0.25, 0.3) is 5.91 Å². The molecule has 0 bridgehead atoms. The van der Waals surface area contributed by atoms with Crippen molar-refractivity contribution in [3.63, 3.8) is 0 Å². The fraction of sp³-hybridized carbons (Fsp3) is 0.211. The molecule has 1 fully saturated rings. The van der Waals surface area contributed by atoms with Gasteiger partial charge in [-0.1, -0.05) is 30.3 Å².